The number of aliphatic hydroxyl groups is 1. The molecule has 2 heterocycles. The van der Waals surface area contributed by atoms with Gasteiger partial charge < -0.3 is 25.4 Å². The molecule has 0 aliphatic heterocycles. The second-order valence-electron chi connectivity index (χ2n) is 12.8. The molecule has 0 fully saturated rings. The number of nitrogens with two attached hydrogens (primary N) is 1. The van der Waals surface area contributed by atoms with Crippen molar-refractivity contribution in [1.29, 1.82) is 5.26 Å². The third kappa shape index (κ3) is 8.08. The van der Waals surface area contributed by atoms with Gasteiger partial charge in [-0.1, -0.05) is 77.8 Å². The van der Waals surface area contributed by atoms with E-state index < -0.39 is 18.1 Å². The topological polar surface area (TPSA) is 164 Å². The summed E-state index contributed by atoms with van der Waals surface area (Å²) in [6.07, 6.45) is 4.73. The van der Waals surface area contributed by atoms with E-state index in [1.54, 1.807) is 18.3 Å². The van der Waals surface area contributed by atoms with Crippen molar-refractivity contribution in [3.63, 3.8) is 0 Å². The summed E-state index contributed by atoms with van der Waals surface area (Å²) in [6.45, 7) is 0.798. The van der Waals surface area contributed by atoms with Crippen LogP contribution in [0.25, 0.3) is 22.3 Å². The number of ether oxygens (including phenoxy) is 2. The summed E-state index contributed by atoms with van der Waals surface area (Å²) >= 11 is 17.6. The van der Waals surface area contributed by atoms with Gasteiger partial charge in [0.1, 0.15) is 24.8 Å². The van der Waals surface area contributed by atoms with Crippen molar-refractivity contribution in [2.75, 3.05) is 6.61 Å². The van der Waals surface area contributed by atoms with Gasteiger partial charge in [-0.15, -0.1) is 0 Å². The fraction of sp³-hybridized carbons (Fsp3) is 0.231. The molecular formula is C39H34BrCl2N5O5. The van der Waals surface area contributed by atoms with Crippen molar-refractivity contribution in [3.05, 3.63) is 127 Å². The van der Waals surface area contributed by atoms with Crippen LogP contribution in [0.15, 0.2) is 83.6 Å². The lowest BCUT2D eigenvalue weighted by Gasteiger charge is -2.24. The molecule has 13 heteroatoms. The summed E-state index contributed by atoms with van der Waals surface area (Å²) in [5, 5.41) is 32.6. The maximum atomic E-state index is 11.8. The number of aromatic nitrogens is 2. The standard InChI is InChI=1S/C39H34BrCl2N5O5/c1-39(21-48,38(49)50)46-18-28-14-33(40)37(47-36(28)51-19-23-10-22(15-43)16-45-17-23)52-20-26-4-2-6-31(34(26)41)32-7-3-5-30(35(32)42)25-9-8-24-12-29(44)13-27(24)11-25/h2-11,14,16-17,29,46,48H,12-13,18-21,44H2,1H3,(H,49,50)/t29-,39-/m0/s1. The Bertz CT molecular complexity index is 2200. The number of nitrogens with zero attached hydrogens (tertiary/aromatic N) is 3. The van der Waals surface area contributed by atoms with E-state index in [0.29, 0.717) is 36.8 Å². The zero-order valence-corrected chi connectivity index (χ0v) is 31.1. The van der Waals surface area contributed by atoms with Gasteiger partial charge in [-0.05, 0) is 64.5 Å². The maximum Gasteiger partial charge on any atom is 0.326 e. The van der Waals surface area contributed by atoms with Gasteiger partial charge >= 0.3 is 5.97 Å². The number of aliphatic carboxylic acids is 1. The maximum absolute atomic E-state index is 11.8. The monoisotopic (exact) mass is 801 g/mol. The van der Waals surface area contributed by atoms with Gasteiger partial charge in [0.15, 0.2) is 0 Å². The first kappa shape index (κ1) is 37.2. The Morgan fingerprint density at radius 3 is 2.44 bits per heavy atom. The first-order valence-electron chi connectivity index (χ1n) is 16.3. The number of carboxylic acids is 1. The predicted octanol–water partition coefficient (Wildman–Crippen LogP) is 7.26. The second kappa shape index (κ2) is 16.0. The summed E-state index contributed by atoms with van der Waals surface area (Å²) in [5.74, 6) is -0.872. The highest BCUT2D eigenvalue weighted by Crippen LogP contribution is 2.41. The number of hydrogen-bond acceptors (Lipinski definition) is 9. The predicted molar refractivity (Wildman–Crippen MR) is 202 cm³/mol. The minimum absolute atomic E-state index is 0.00620. The molecule has 3 aromatic carbocycles. The minimum atomic E-state index is -1.61. The number of carboxylic acid groups (broad SMARTS) is 1. The molecule has 1 aliphatic rings. The van der Waals surface area contributed by atoms with Crippen molar-refractivity contribution in [3.8, 4) is 40.1 Å². The van der Waals surface area contributed by atoms with E-state index in [-0.39, 0.29) is 37.6 Å². The van der Waals surface area contributed by atoms with Crippen LogP contribution in [0.2, 0.25) is 10.0 Å². The van der Waals surface area contributed by atoms with Crippen LogP contribution in [0, 0.1) is 11.3 Å². The lowest BCUT2D eigenvalue weighted by molar-refractivity contribution is -0.145. The van der Waals surface area contributed by atoms with Crippen LogP contribution in [0.1, 0.15) is 40.3 Å². The molecule has 0 radical (unpaired) electrons. The van der Waals surface area contributed by atoms with E-state index in [1.165, 1.54) is 24.2 Å². The van der Waals surface area contributed by atoms with Crippen molar-refractivity contribution in [2.24, 2.45) is 5.73 Å². The SMILES string of the molecule is C[C@@](CO)(NCc1cc(Br)c(OCc2cccc(-c3cccc(-c4ccc5c(c4)C[C@@H](N)C5)c3Cl)c2Cl)nc1OCc1cncc(C#N)c1)C(=O)O. The number of hydrogen-bond donors (Lipinski definition) is 4. The van der Waals surface area contributed by atoms with Crippen molar-refractivity contribution in [1.82, 2.24) is 15.3 Å². The van der Waals surface area contributed by atoms with Crippen molar-refractivity contribution in [2.45, 2.75) is 51.1 Å². The van der Waals surface area contributed by atoms with Crippen LogP contribution >= 0.6 is 39.1 Å². The van der Waals surface area contributed by atoms with Crippen LogP contribution in [0.4, 0.5) is 0 Å². The Balaban J connectivity index is 1.26. The van der Waals surface area contributed by atoms with E-state index in [4.69, 9.17) is 38.4 Å². The Morgan fingerprint density at radius 1 is 0.981 bits per heavy atom. The summed E-state index contributed by atoms with van der Waals surface area (Å²) in [6, 6.07) is 23.4. The Labute approximate surface area is 319 Å². The lowest BCUT2D eigenvalue weighted by atomic mass is 9.96. The molecule has 10 nitrogen and oxygen atoms in total. The van der Waals surface area contributed by atoms with Gasteiger partial charge in [0, 0.05) is 58.4 Å². The number of halogens is 3. The fourth-order valence-corrected chi connectivity index (χ4v) is 7.04. The summed E-state index contributed by atoms with van der Waals surface area (Å²) < 4.78 is 12.7. The van der Waals surface area contributed by atoms with E-state index in [0.717, 1.165) is 35.1 Å². The minimum Gasteiger partial charge on any atom is -0.480 e. The van der Waals surface area contributed by atoms with E-state index in [1.807, 2.05) is 42.5 Å². The highest BCUT2D eigenvalue weighted by molar-refractivity contribution is 9.10. The summed E-state index contributed by atoms with van der Waals surface area (Å²) in [4.78, 5) is 20.5. The number of nitrogens with one attached hydrogen (secondary N) is 1. The smallest absolute Gasteiger partial charge is 0.326 e. The molecule has 52 heavy (non-hydrogen) atoms. The molecule has 266 valence electrons. The molecule has 1 aliphatic carbocycles. The number of fused-ring (bicyclic) bond motifs is 1. The molecular weight excluding hydrogens is 769 g/mol. The molecule has 6 rings (SSSR count). The molecule has 0 saturated heterocycles. The second-order valence-corrected chi connectivity index (χ2v) is 14.4. The fourth-order valence-electron chi connectivity index (χ4n) is 5.94. The van der Waals surface area contributed by atoms with Gasteiger partial charge in [0.2, 0.25) is 11.8 Å². The number of aliphatic hydroxyl groups excluding tert-OH is 1. The molecule has 2 atom stereocenters. The van der Waals surface area contributed by atoms with Crippen molar-refractivity contribution >= 4 is 45.1 Å². The van der Waals surface area contributed by atoms with Gasteiger partial charge in [0.25, 0.3) is 0 Å². The van der Waals surface area contributed by atoms with Gasteiger partial charge in [-0.3, -0.25) is 15.1 Å². The number of carbonyl (C=O) groups is 1. The zero-order chi connectivity index (χ0) is 37.0. The summed E-state index contributed by atoms with van der Waals surface area (Å²) in [7, 11) is 0. The quantitative estimate of drug-likeness (QED) is 0.0953. The van der Waals surface area contributed by atoms with Gasteiger partial charge in [-0.2, -0.15) is 10.2 Å². The van der Waals surface area contributed by atoms with E-state index in [9.17, 15) is 20.3 Å². The van der Waals surface area contributed by atoms with E-state index in [2.05, 4.69) is 49.4 Å². The Hall–Kier alpha value is -4.54. The Kier molecular flexibility index (Phi) is 11.5. The molecule has 2 aromatic heterocycles. The highest BCUT2D eigenvalue weighted by atomic mass is 79.9. The van der Waals surface area contributed by atoms with Gasteiger partial charge in [0.05, 0.1) is 26.7 Å². The van der Waals surface area contributed by atoms with Crippen LogP contribution in [-0.2, 0) is 37.4 Å². The third-order valence-electron chi connectivity index (χ3n) is 8.95. The largest absolute Gasteiger partial charge is 0.480 e. The molecule has 0 unspecified atom stereocenters. The average Bonchev–Trinajstić information content (AvgIpc) is 3.52. The third-order valence-corrected chi connectivity index (χ3v) is 10.4. The molecule has 0 saturated carbocycles. The molecule has 5 N–H and O–H groups in total. The van der Waals surface area contributed by atoms with Gasteiger partial charge in [-0.25, -0.2) is 0 Å². The van der Waals surface area contributed by atoms with Crippen molar-refractivity contribution < 1.29 is 24.5 Å². The molecule has 0 amide bonds. The molecule has 0 bridgehead atoms. The zero-order valence-electron chi connectivity index (χ0n) is 28.0. The van der Waals surface area contributed by atoms with Crippen LogP contribution in [0.5, 0.6) is 11.8 Å². The number of benzene rings is 3. The number of nitriles is 1. The van der Waals surface area contributed by atoms with E-state index >= 15 is 0 Å². The number of pyridine rings is 2. The van der Waals surface area contributed by atoms with Crippen LogP contribution in [-0.4, -0.2) is 44.3 Å². The molecule has 0 spiro atoms. The Morgan fingerprint density at radius 2 is 1.69 bits per heavy atom. The lowest BCUT2D eigenvalue weighted by Crippen LogP contribution is -2.52. The number of rotatable bonds is 13. The first-order chi connectivity index (χ1) is 25.0. The highest BCUT2D eigenvalue weighted by Gasteiger charge is 2.32. The summed E-state index contributed by atoms with van der Waals surface area (Å²) in [5.41, 5.74) is 12.7. The molecule has 5 aromatic rings. The normalized spacial score (nSPS) is 14.7. The van der Waals surface area contributed by atoms with Crippen LogP contribution in [0.3, 0.4) is 0 Å². The average molecular weight is 804 g/mol. The van der Waals surface area contributed by atoms with Crippen LogP contribution < -0.4 is 20.5 Å². The first-order valence-corrected chi connectivity index (χ1v) is 17.9.